The zero-order chi connectivity index (χ0) is 11.0. The molecule has 1 atom stereocenters. The molecule has 0 fully saturated rings. The van der Waals surface area contributed by atoms with E-state index in [1.165, 1.54) is 34.7 Å². The van der Waals surface area contributed by atoms with E-state index in [4.69, 9.17) is 4.74 Å². The topological polar surface area (TPSA) is 9.23 Å². The lowest BCUT2D eigenvalue weighted by Gasteiger charge is -2.13. The smallest absolute Gasteiger partial charge is 0.0531 e. The Bertz CT molecular complexity index is 514. The summed E-state index contributed by atoms with van der Waals surface area (Å²) in [5.41, 5.74) is 3.04. The summed E-state index contributed by atoms with van der Waals surface area (Å²) in [6, 6.07) is 13.2. The van der Waals surface area contributed by atoms with Gasteiger partial charge in [-0.25, -0.2) is 0 Å². The van der Waals surface area contributed by atoms with E-state index >= 15 is 0 Å². The van der Waals surface area contributed by atoms with E-state index in [9.17, 15) is 0 Å². The van der Waals surface area contributed by atoms with Gasteiger partial charge in [0.25, 0.3) is 0 Å². The van der Waals surface area contributed by atoms with Crippen molar-refractivity contribution in [2.24, 2.45) is 0 Å². The molecular formula is C15H16O. The van der Waals surface area contributed by atoms with E-state index in [1.807, 2.05) is 0 Å². The fourth-order valence-corrected chi connectivity index (χ4v) is 2.88. The molecule has 0 radical (unpaired) electrons. The number of hydrogen-bond donors (Lipinski definition) is 0. The normalized spacial score (nSPS) is 18.9. The Balaban J connectivity index is 2.20. The fourth-order valence-electron chi connectivity index (χ4n) is 2.88. The van der Waals surface area contributed by atoms with Gasteiger partial charge in [0, 0.05) is 13.0 Å². The molecular weight excluding hydrogens is 196 g/mol. The van der Waals surface area contributed by atoms with Crippen molar-refractivity contribution in [3.63, 3.8) is 0 Å². The quantitative estimate of drug-likeness (QED) is 0.740. The van der Waals surface area contributed by atoms with Crippen molar-refractivity contribution in [3.8, 4) is 0 Å². The van der Waals surface area contributed by atoms with E-state index < -0.39 is 0 Å². The average molecular weight is 212 g/mol. The van der Waals surface area contributed by atoms with Crippen molar-refractivity contribution in [1.29, 1.82) is 0 Å². The Labute approximate surface area is 96.0 Å². The van der Waals surface area contributed by atoms with Gasteiger partial charge in [-0.05, 0) is 34.7 Å². The van der Waals surface area contributed by atoms with Crippen molar-refractivity contribution in [3.05, 3.63) is 47.5 Å². The predicted octanol–water partition coefficient (Wildman–Crippen LogP) is 3.52. The number of ether oxygens (including phenoxy) is 1. The highest BCUT2D eigenvalue weighted by atomic mass is 16.5. The van der Waals surface area contributed by atoms with Gasteiger partial charge in [-0.15, -0.1) is 0 Å². The van der Waals surface area contributed by atoms with Crippen molar-refractivity contribution in [2.75, 3.05) is 13.7 Å². The molecule has 2 aromatic carbocycles. The first kappa shape index (κ1) is 9.86. The predicted molar refractivity (Wildman–Crippen MR) is 66.9 cm³/mol. The van der Waals surface area contributed by atoms with Crippen LogP contribution in [0.4, 0.5) is 0 Å². The molecule has 0 heterocycles. The van der Waals surface area contributed by atoms with E-state index in [0.29, 0.717) is 5.92 Å². The molecule has 16 heavy (non-hydrogen) atoms. The van der Waals surface area contributed by atoms with E-state index in [2.05, 4.69) is 36.4 Å². The van der Waals surface area contributed by atoms with Crippen LogP contribution in [0, 0.1) is 0 Å². The second-order valence-corrected chi connectivity index (χ2v) is 4.55. The van der Waals surface area contributed by atoms with Crippen molar-refractivity contribution >= 4 is 10.8 Å². The second-order valence-electron chi connectivity index (χ2n) is 4.55. The summed E-state index contributed by atoms with van der Waals surface area (Å²) in [7, 11) is 1.79. The highest BCUT2D eigenvalue weighted by Gasteiger charge is 2.24. The number of methoxy groups -OCH3 is 1. The average Bonchev–Trinajstić information content (AvgIpc) is 2.73. The zero-order valence-corrected chi connectivity index (χ0v) is 9.57. The summed E-state index contributed by atoms with van der Waals surface area (Å²) in [5, 5.41) is 2.77. The van der Waals surface area contributed by atoms with Gasteiger partial charge in [-0.2, -0.15) is 0 Å². The molecule has 0 amide bonds. The summed E-state index contributed by atoms with van der Waals surface area (Å²) in [5.74, 6) is 0.589. The van der Waals surface area contributed by atoms with E-state index in [1.54, 1.807) is 7.11 Å². The lowest BCUT2D eigenvalue weighted by atomic mass is 9.95. The van der Waals surface area contributed by atoms with Crippen LogP contribution in [0.5, 0.6) is 0 Å². The van der Waals surface area contributed by atoms with Gasteiger partial charge in [-0.1, -0.05) is 36.4 Å². The minimum absolute atomic E-state index is 0.589. The van der Waals surface area contributed by atoms with Crippen LogP contribution in [0.25, 0.3) is 10.8 Å². The van der Waals surface area contributed by atoms with Gasteiger partial charge in [0.05, 0.1) is 6.61 Å². The van der Waals surface area contributed by atoms with Gasteiger partial charge in [0.1, 0.15) is 0 Å². The van der Waals surface area contributed by atoms with Crippen LogP contribution in [0.2, 0.25) is 0 Å². The number of hydrogen-bond acceptors (Lipinski definition) is 1. The summed E-state index contributed by atoms with van der Waals surface area (Å²) in [6.07, 6.45) is 2.44. The van der Waals surface area contributed by atoms with Crippen LogP contribution in [-0.4, -0.2) is 13.7 Å². The first-order valence-electron chi connectivity index (χ1n) is 5.89. The first-order valence-corrected chi connectivity index (χ1v) is 5.89. The number of aryl methyl sites for hydroxylation is 1. The number of fused-ring (bicyclic) bond motifs is 3. The lowest BCUT2D eigenvalue weighted by molar-refractivity contribution is 0.179. The zero-order valence-electron chi connectivity index (χ0n) is 9.57. The van der Waals surface area contributed by atoms with Gasteiger partial charge in [-0.3, -0.25) is 0 Å². The Morgan fingerprint density at radius 2 is 2.06 bits per heavy atom. The van der Waals surface area contributed by atoms with E-state index in [-0.39, 0.29) is 0 Å². The van der Waals surface area contributed by atoms with Gasteiger partial charge < -0.3 is 4.74 Å². The van der Waals surface area contributed by atoms with Crippen LogP contribution < -0.4 is 0 Å². The third-order valence-electron chi connectivity index (χ3n) is 3.60. The highest BCUT2D eigenvalue weighted by molar-refractivity contribution is 5.87. The van der Waals surface area contributed by atoms with Crippen LogP contribution in [-0.2, 0) is 11.2 Å². The largest absolute Gasteiger partial charge is 0.384 e. The molecule has 0 aliphatic heterocycles. The SMILES string of the molecule is COCC1CCc2ccc3ccccc3c21. The van der Waals surface area contributed by atoms with Crippen molar-refractivity contribution in [1.82, 2.24) is 0 Å². The molecule has 0 spiro atoms. The summed E-state index contributed by atoms with van der Waals surface area (Å²) < 4.78 is 5.33. The molecule has 1 aliphatic rings. The Morgan fingerprint density at radius 3 is 2.94 bits per heavy atom. The molecule has 3 rings (SSSR count). The third-order valence-corrected chi connectivity index (χ3v) is 3.60. The van der Waals surface area contributed by atoms with Gasteiger partial charge in [0.15, 0.2) is 0 Å². The second kappa shape index (κ2) is 3.91. The van der Waals surface area contributed by atoms with Crippen molar-refractivity contribution < 1.29 is 4.74 Å². The van der Waals surface area contributed by atoms with E-state index in [0.717, 1.165) is 6.61 Å². The summed E-state index contributed by atoms with van der Waals surface area (Å²) in [6.45, 7) is 0.848. The maximum Gasteiger partial charge on any atom is 0.0531 e. The molecule has 1 aliphatic carbocycles. The minimum atomic E-state index is 0.589. The number of rotatable bonds is 2. The van der Waals surface area contributed by atoms with Crippen LogP contribution in [0.3, 0.4) is 0 Å². The lowest BCUT2D eigenvalue weighted by Crippen LogP contribution is -2.02. The monoisotopic (exact) mass is 212 g/mol. The summed E-state index contributed by atoms with van der Waals surface area (Å²) in [4.78, 5) is 0. The minimum Gasteiger partial charge on any atom is -0.384 e. The van der Waals surface area contributed by atoms with Crippen LogP contribution in [0.15, 0.2) is 36.4 Å². The Morgan fingerprint density at radius 1 is 1.19 bits per heavy atom. The molecule has 2 aromatic rings. The third kappa shape index (κ3) is 1.43. The molecule has 0 bridgehead atoms. The molecule has 0 aromatic heterocycles. The standard InChI is InChI=1S/C15H16O/c1-16-10-13-9-8-12-7-6-11-4-2-3-5-14(11)15(12)13/h2-7,13H,8-10H2,1H3. The van der Waals surface area contributed by atoms with Gasteiger partial charge in [0.2, 0.25) is 0 Å². The fraction of sp³-hybridized carbons (Fsp3) is 0.333. The maximum absolute atomic E-state index is 5.33. The maximum atomic E-state index is 5.33. The molecule has 0 saturated heterocycles. The van der Waals surface area contributed by atoms with Gasteiger partial charge >= 0.3 is 0 Å². The molecule has 0 N–H and O–H groups in total. The molecule has 1 heteroatoms. The number of benzene rings is 2. The van der Waals surface area contributed by atoms with Crippen molar-refractivity contribution in [2.45, 2.75) is 18.8 Å². The van der Waals surface area contributed by atoms with Crippen LogP contribution >= 0.6 is 0 Å². The molecule has 1 unspecified atom stereocenters. The Hall–Kier alpha value is -1.34. The molecule has 0 saturated carbocycles. The molecule has 82 valence electrons. The molecule has 1 nitrogen and oxygen atoms in total. The highest BCUT2D eigenvalue weighted by Crippen LogP contribution is 2.38. The summed E-state index contributed by atoms with van der Waals surface area (Å²) >= 11 is 0. The first-order chi connectivity index (χ1) is 7.90. The van der Waals surface area contributed by atoms with Crippen LogP contribution in [0.1, 0.15) is 23.5 Å². The Kier molecular flexibility index (Phi) is 2.41.